The molecule has 6 nitrogen and oxygen atoms in total. The third-order valence-electron chi connectivity index (χ3n) is 3.27. The van der Waals surface area contributed by atoms with Gasteiger partial charge >= 0.3 is 17.8 Å². The highest BCUT2D eigenvalue weighted by Crippen LogP contribution is 2.12. The lowest BCUT2D eigenvalue weighted by atomic mass is 10.1. The average Bonchev–Trinajstić information content (AvgIpc) is 2.46. The van der Waals surface area contributed by atoms with Crippen molar-refractivity contribution >= 4 is 23.9 Å². The Labute approximate surface area is 122 Å². The largest absolute Gasteiger partial charge is 0.478 e. The van der Waals surface area contributed by atoms with Crippen molar-refractivity contribution in [2.24, 2.45) is 0 Å². The van der Waals surface area contributed by atoms with Crippen LogP contribution in [0.3, 0.4) is 0 Å². The fraction of sp³-hybridized carbons (Fsp3) is 0.267. The second-order valence-electron chi connectivity index (χ2n) is 4.87. The maximum absolute atomic E-state index is 11.9. The Balaban J connectivity index is 2.09. The number of aliphatic carboxylic acids is 1. The van der Waals surface area contributed by atoms with Crippen LogP contribution in [0.2, 0.25) is 0 Å². The first-order chi connectivity index (χ1) is 9.97. The summed E-state index contributed by atoms with van der Waals surface area (Å²) in [6, 6.07) is 7.21. The van der Waals surface area contributed by atoms with Crippen molar-refractivity contribution in [2.45, 2.75) is 6.54 Å². The van der Waals surface area contributed by atoms with Crippen molar-refractivity contribution in [2.75, 3.05) is 20.1 Å². The minimum absolute atomic E-state index is 0.340. The van der Waals surface area contributed by atoms with E-state index in [1.54, 1.807) is 25.2 Å². The smallest absolute Gasteiger partial charge is 0.328 e. The van der Waals surface area contributed by atoms with Crippen molar-refractivity contribution in [1.29, 1.82) is 0 Å². The predicted octanol–water partition coefficient (Wildman–Crippen LogP) is 0.585. The summed E-state index contributed by atoms with van der Waals surface area (Å²) >= 11 is 0. The number of carbonyl (C=O) groups is 3. The van der Waals surface area contributed by atoms with Gasteiger partial charge in [-0.1, -0.05) is 18.2 Å². The Morgan fingerprint density at radius 3 is 2.76 bits per heavy atom. The average molecular weight is 288 g/mol. The molecule has 0 radical (unpaired) electrons. The minimum Gasteiger partial charge on any atom is -0.478 e. The Morgan fingerprint density at radius 1 is 1.29 bits per heavy atom. The van der Waals surface area contributed by atoms with Gasteiger partial charge in [0.1, 0.15) is 0 Å². The monoisotopic (exact) mass is 288 g/mol. The Morgan fingerprint density at radius 2 is 2.05 bits per heavy atom. The van der Waals surface area contributed by atoms with Crippen molar-refractivity contribution in [3.63, 3.8) is 0 Å². The molecular weight excluding hydrogens is 272 g/mol. The number of carbonyl (C=O) groups excluding carboxylic acids is 2. The van der Waals surface area contributed by atoms with E-state index in [0.717, 1.165) is 17.2 Å². The molecule has 0 bridgehead atoms. The quantitative estimate of drug-likeness (QED) is 0.649. The van der Waals surface area contributed by atoms with Gasteiger partial charge in [-0.2, -0.15) is 0 Å². The van der Waals surface area contributed by atoms with E-state index in [2.05, 4.69) is 0 Å². The van der Waals surface area contributed by atoms with E-state index in [-0.39, 0.29) is 0 Å². The fourth-order valence-corrected chi connectivity index (χ4v) is 2.11. The Bertz CT molecular complexity index is 609. The molecule has 110 valence electrons. The zero-order valence-electron chi connectivity index (χ0n) is 11.7. The molecule has 2 amide bonds. The molecule has 1 saturated heterocycles. The van der Waals surface area contributed by atoms with Gasteiger partial charge in [-0.15, -0.1) is 0 Å². The molecule has 0 aromatic heterocycles. The van der Waals surface area contributed by atoms with Crippen LogP contribution in [0.15, 0.2) is 30.3 Å². The highest BCUT2D eigenvalue weighted by atomic mass is 16.4. The molecular formula is C15H16N2O4. The summed E-state index contributed by atoms with van der Waals surface area (Å²) in [6.45, 7) is 1.35. The Hall–Kier alpha value is -2.63. The van der Waals surface area contributed by atoms with E-state index in [4.69, 9.17) is 5.11 Å². The van der Waals surface area contributed by atoms with Crippen LogP contribution >= 0.6 is 0 Å². The first kappa shape index (κ1) is 14.8. The molecule has 0 unspecified atom stereocenters. The third kappa shape index (κ3) is 3.68. The van der Waals surface area contributed by atoms with Gasteiger partial charge in [0.15, 0.2) is 0 Å². The summed E-state index contributed by atoms with van der Waals surface area (Å²) in [4.78, 5) is 36.9. The topological polar surface area (TPSA) is 77.9 Å². The lowest BCUT2D eigenvalue weighted by Crippen LogP contribution is -2.52. The van der Waals surface area contributed by atoms with Gasteiger partial charge in [-0.05, 0) is 23.3 Å². The maximum atomic E-state index is 11.9. The summed E-state index contributed by atoms with van der Waals surface area (Å²) in [7, 11) is 1.61. The molecule has 1 heterocycles. The van der Waals surface area contributed by atoms with Crippen LogP contribution in [0.25, 0.3) is 6.08 Å². The highest BCUT2D eigenvalue weighted by molar-refractivity contribution is 6.35. The summed E-state index contributed by atoms with van der Waals surface area (Å²) < 4.78 is 0. The van der Waals surface area contributed by atoms with Crippen molar-refractivity contribution in [3.8, 4) is 0 Å². The van der Waals surface area contributed by atoms with Crippen molar-refractivity contribution < 1.29 is 19.5 Å². The number of amides is 2. The minimum atomic E-state index is -1.01. The summed E-state index contributed by atoms with van der Waals surface area (Å²) in [5, 5.41) is 8.61. The number of hydrogen-bond acceptors (Lipinski definition) is 3. The van der Waals surface area contributed by atoms with E-state index >= 15 is 0 Å². The number of likely N-dealkylation sites (N-methyl/N-ethyl adjacent to an activating group) is 1. The molecule has 1 aliphatic heterocycles. The molecule has 1 aromatic carbocycles. The number of benzene rings is 1. The lowest BCUT2D eigenvalue weighted by molar-refractivity contribution is -0.155. The fourth-order valence-electron chi connectivity index (χ4n) is 2.11. The van der Waals surface area contributed by atoms with E-state index < -0.39 is 17.8 Å². The number of rotatable bonds is 4. The first-order valence-electron chi connectivity index (χ1n) is 6.51. The molecule has 2 rings (SSSR count). The molecule has 6 heteroatoms. The number of hydrogen-bond donors (Lipinski definition) is 1. The zero-order chi connectivity index (χ0) is 15.4. The number of nitrogens with zero attached hydrogens (tertiary/aromatic N) is 2. The van der Waals surface area contributed by atoms with Crippen LogP contribution in [-0.4, -0.2) is 52.8 Å². The second kappa shape index (κ2) is 6.21. The van der Waals surface area contributed by atoms with Crippen LogP contribution in [-0.2, 0) is 20.9 Å². The summed E-state index contributed by atoms with van der Waals surface area (Å²) in [5.41, 5.74) is 1.59. The summed E-state index contributed by atoms with van der Waals surface area (Å²) in [6.07, 6.45) is 2.55. The predicted molar refractivity (Wildman–Crippen MR) is 76.2 cm³/mol. The van der Waals surface area contributed by atoms with E-state index in [9.17, 15) is 14.4 Å². The number of carboxylic acid groups (broad SMARTS) is 1. The maximum Gasteiger partial charge on any atom is 0.328 e. The van der Waals surface area contributed by atoms with Crippen LogP contribution in [0, 0.1) is 0 Å². The molecule has 1 N–H and O–H groups in total. The zero-order valence-corrected chi connectivity index (χ0v) is 11.7. The first-order valence-corrected chi connectivity index (χ1v) is 6.51. The molecule has 0 atom stereocenters. The van der Waals surface area contributed by atoms with Crippen LogP contribution in [0.1, 0.15) is 11.1 Å². The molecule has 1 fully saturated rings. The van der Waals surface area contributed by atoms with Gasteiger partial charge in [-0.3, -0.25) is 9.59 Å². The number of carboxylic acids is 1. The molecule has 1 aromatic rings. The molecule has 0 aliphatic carbocycles. The summed E-state index contributed by atoms with van der Waals surface area (Å²) in [5.74, 6) is -2.02. The lowest BCUT2D eigenvalue weighted by Gasteiger charge is -2.31. The Kier molecular flexibility index (Phi) is 4.37. The van der Waals surface area contributed by atoms with Crippen LogP contribution < -0.4 is 0 Å². The molecule has 0 saturated carbocycles. The van der Waals surface area contributed by atoms with Gasteiger partial charge in [0.2, 0.25) is 0 Å². The third-order valence-corrected chi connectivity index (χ3v) is 3.27. The van der Waals surface area contributed by atoms with Gasteiger partial charge in [0, 0.05) is 32.8 Å². The molecule has 1 aliphatic rings. The molecule has 0 spiro atoms. The van der Waals surface area contributed by atoms with Gasteiger partial charge in [-0.25, -0.2) is 4.79 Å². The number of piperazine rings is 1. The van der Waals surface area contributed by atoms with Gasteiger partial charge < -0.3 is 14.9 Å². The SMILES string of the molecule is CN1CCN(Cc2cccc(C=CC(=O)O)c2)C(=O)C1=O. The van der Waals surface area contributed by atoms with E-state index in [1.807, 2.05) is 6.07 Å². The standard InChI is InChI=1S/C15H16N2O4/c1-16-7-8-17(15(21)14(16)20)10-12-4-2-3-11(9-12)5-6-13(18)19/h2-6,9H,7-8,10H2,1H3,(H,18,19). The van der Waals surface area contributed by atoms with Crippen molar-refractivity contribution in [3.05, 3.63) is 41.5 Å². The van der Waals surface area contributed by atoms with E-state index in [1.165, 1.54) is 15.9 Å². The molecule has 21 heavy (non-hydrogen) atoms. The van der Waals surface area contributed by atoms with Crippen LogP contribution in [0.4, 0.5) is 0 Å². The van der Waals surface area contributed by atoms with Crippen LogP contribution in [0.5, 0.6) is 0 Å². The van der Waals surface area contributed by atoms with E-state index in [0.29, 0.717) is 19.6 Å². The van der Waals surface area contributed by atoms with Gasteiger partial charge in [0.25, 0.3) is 0 Å². The normalized spacial score (nSPS) is 15.9. The van der Waals surface area contributed by atoms with Crippen molar-refractivity contribution in [1.82, 2.24) is 9.80 Å². The van der Waals surface area contributed by atoms with Gasteiger partial charge in [0.05, 0.1) is 0 Å². The highest BCUT2D eigenvalue weighted by Gasteiger charge is 2.29. The second-order valence-corrected chi connectivity index (χ2v) is 4.87.